The van der Waals surface area contributed by atoms with Crippen LogP contribution < -0.4 is 10.1 Å². The van der Waals surface area contributed by atoms with E-state index in [1.54, 1.807) is 18.9 Å². The number of methoxy groups -OCH3 is 1. The summed E-state index contributed by atoms with van der Waals surface area (Å²) in [5.41, 5.74) is 1.73. The highest BCUT2D eigenvalue weighted by Gasteiger charge is 2.14. The Morgan fingerprint density at radius 1 is 0.969 bits per heavy atom. The van der Waals surface area contributed by atoms with Crippen LogP contribution in [0.15, 0.2) is 93.8 Å². The van der Waals surface area contributed by atoms with E-state index < -0.39 is 0 Å². The van der Waals surface area contributed by atoms with Crippen LogP contribution in [0.4, 0.5) is 5.69 Å². The minimum Gasteiger partial charge on any atom is -0.497 e. The van der Waals surface area contributed by atoms with Crippen molar-refractivity contribution >= 4 is 35.1 Å². The molecule has 0 saturated carbocycles. The molecule has 3 aromatic carbocycles. The van der Waals surface area contributed by atoms with E-state index in [2.05, 4.69) is 15.5 Å². The molecule has 0 unspecified atom stereocenters. The van der Waals surface area contributed by atoms with Gasteiger partial charge in [-0.3, -0.25) is 4.79 Å². The molecule has 6 nitrogen and oxygen atoms in total. The molecule has 0 aliphatic rings. The molecule has 4 aromatic rings. The lowest BCUT2D eigenvalue weighted by molar-refractivity contribution is -0.113. The lowest BCUT2D eigenvalue weighted by Crippen LogP contribution is -2.15. The van der Waals surface area contributed by atoms with E-state index in [1.165, 1.54) is 11.8 Å². The molecule has 0 radical (unpaired) electrons. The van der Waals surface area contributed by atoms with Crippen molar-refractivity contribution in [1.29, 1.82) is 0 Å². The monoisotopic (exact) mass is 462 g/mol. The number of nitrogens with zero attached hydrogens (tertiary/aromatic N) is 3. The van der Waals surface area contributed by atoms with Crippen molar-refractivity contribution in [2.45, 2.75) is 14.9 Å². The number of hydrogen-bond acceptors (Lipinski definition) is 6. The largest absolute Gasteiger partial charge is 0.497 e. The van der Waals surface area contributed by atoms with E-state index in [9.17, 15) is 4.79 Å². The standard InChI is InChI=1S/C24H22N4O2S2/c1-28-23(17-12-14-18(30-2)15-13-17)26-27-24(28)31-16-22(29)25-20-10-6-7-11-21(20)32-19-8-4-3-5-9-19/h3-15H,16H2,1-2H3,(H,25,29). The highest BCUT2D eigenvalue weighted by Crippen LogP contribution is 2.33. The summed E-state index contributed by atoms with van der Waals surface area (Å²) in [6, 6.07) is 25.5. The zero-order valence-corrected chi connectivity index (χ0v) is 19.3. The number of thioether (sulfide) groups is 1. The molecule has 1 aromatic heterocycles. The van der Waals surface area contributed by atoms with E-state index in [0.717, 1.165) is 32.6 Å². The van der Waals surface area contributed by atoms with Gasteiger partial charge < -0.3 is 14.6 Å². The average Bonchev–Trinajstić information content (AvgIpc) is 3.20. The number of para-hydroxylation sites is 1. The summed E-state index contributed by atoms with van der Waals surface area (Å²) in [6.07, 6.45) is 0. The van der Waals surface area contributed by atoms with Crippen LogP contribution in [-0.2, 0) is 11.8 Å². The molecule has 0 fully saturated rings. The van der Waals surface area contributed by atoms with Crippen molar-refractivity contribution in [2.75, 3.05) is 18.2 Å². The SMILES string of the molecule is COc1ccc(-c2nnc(SCC(=O)Nc3ccccc3Sc3ccccc3)n2C)cc1. The summed E-state index contributed by atoms with van der Waals surface area (Å²) < 4.78 is 7.09. The Morgan fingerprint density at radius 3 is 2.44 bits per heavy atom. The number of carbonyl (C=O) groups excluding carboxylic acids is 1. The Morgan fingerprint density at radius 2 is 1.69 bits per heavy atom. The Kier molecular flexibility index (Phi) is 7.14. The highest BCUT2D eigenvalue weighted by atomic mass is 32.2. The Labute approximate surface area is 195 Å². The van der Waals surface area contributed by atoms with Gasteiger partial charge in [-0.25, -0.2) is 0 Å². The van der Waals surface area contributed by atoms with Gasteiger partial charge in [-0.05, 0) is 48.5 Å². The molecular formula is C24H22N4O2S2. The molecule has 0 aliphatic carbocycles. The van der Waals surface area contributed by atoms with Crippen LogP contribution in [0.25, 0.3) is 11.4 Å². The van der Waals surface area contributed by atoms with Crippen molar-refractivity contribution in [3.05, 3.63) is 78.9 Å². The Balaban J connectivity index is 1.39. The molecule has 1 amide bonds. The normalized spacial score (nSPS) is 10.7. The number of ether oxygens (including phenoxy) is 1. The smallest absolute Gasteiger partial charge is 0.234 e. The lowest BCUT2D eigenvalue weighted by atomic mass is 10.2. The van der Waals surface area contributed by atoms with Gasteiger partial charge in [0.05, 0.1) is 18.6 Å². The van der Waals surface area contributed by atoms with E-state index >= 15 is 0 Å². The van der Waals surface area contributed by atoms with Gasteiger partial charge in [-0.2, -0.15) is 0 Å². The average molecular weight is 463 g/mol. The van der Waals surface area contributed by atoms with Gasteiger partial charge in [0.15, 0.2) is 11.0 Å². The van der Waals surface area contributed by atoms with Crippen LogP contribution in [0, 0.1) is 0 Å². The minimum atomic E-state index is -0.0925. The first-order valence-electron chi connectivity index (χ1n) is 9.92. The van der Waals surface area contributed by atoms with Crippen LogP contribution in [0.5, 0.6) is 5.75 Å². The van der Waals surface area contributed by atoms with Crippen molar-refractivity contribution in [3.63, 3.8) is 0 Å². The third-order valence-electron chi connectivity index (χ3n) is 4.65. The second kappa shape index (κ2) is 10.4. The summed E-state index contributed by atoms with van der Waals surface area (Å²) in [5.74, 6) is 1.66. The van der Waals surface area contributed by atoms with Gasteiger partial charge in [-0.15, -0.1) is 10.2 Å². The molecule has 0 aliphatic heterocycles. The quantitative estimate of drug-likeness (QED) is 0.355. The van der Waals surface area contributed by atoms with Crippen molar-refractivity contribution in [1.82, 2.24) is 14.8 Å². The zero-order valence-electron chi connectivity index (χ0n) is 17.7. The summed E-state index contributed by atoms with van der Waals surface area (Å²) in [4.78, 5) is 14.8. The summed E-state index contributed by atoms with van der Waals surface area (Å²) in [7, 11) is 3.53. The molecule has 1 heterocycles. The molecule has 8 heteroatoms. The van der Waals surface area contributed by atoms with E-state index in [1.807, 2.05) is 90.5 Å². The number of nitrogens with one attached hydrogen (secondary N) is 1. The number of carbonyl (C=O) groups is 1. The number of rotatable bonds is 8. The Bertz CT molecular complexity index is 1190. The zero-order chi connectivity index (χ0) is 22.3. The van der Waals surface area contributed by atoms with Gasteiger partial charge in [0, 0.05) is 22.4 Å². The lowest BCUT2D eigenvalue weighted by Gasteiger charge is -2.10. The van der Waals surface area contributed by atoms with E-state index in [0.29, 0.717) is 5.16 Å². The molecule has 0 bridgehead atoms. The van der Waals surface area contributed by atoms with Crippen LogP contribution in [0.2, 0.25) is 0 Å². The van der Waals surface area contributed by atoms with Gasteiger partial charge in [0.2, 0.25) is 5.91 Å². The molecule has 0 spiro atoms. The second-order valence-corrected chi connectivity index (χ2v) is 8.90. The van der Waals surface area contributed by atoms with E-state index in [-0.39, 0.29) is 11.7 Å². The molecular weight excluding hydrogens is 440 g/mol. The number of aromatic nitrogens is 3. The van der Waals surface area contributed by atoms with Crippen molar-refractivity contribution < 1.29 is 9.53 Å². The molecule has 1 N–H and O–H groups in total. The first kappa shape index (κ1) is 22.0. The summed E-state index contributed by atoms with van der Waals surface area (Å²) in [6.45, 7) is 0. The fraction of sp³-hybridized carbons (Fsp3) is 0.125. The first-order chi connectivity index (χ1) is 15.6. The van der Waals surface area contributed by atoms with Gasteiger partial charge in [0.25, 0.3) is 0 Å². The summed E-state index contributed by atoms with van der Waals surface area (Å²) in [5, 5.41) is 12.2. The van der Waals surface area contributed by atoms with Crippen molar-refractivity contribution in [3.8, 4) is 17.1 Å². The molecule has 162 valence electrons. The van der Waals surface area contributed by atoms with Gasteiger partial charge >= 0.3 is 0 Å². The second-order valence-electron chi connectivity index (χ2n) is 6.84. The number of hydrogen-bond donors (Lipinski definition) is 1. The van der Waals surface area contributed by atoms with Gasteiger partial charge in [-0.1, -0.05) is 53.9 Å². The molecule has 4 rings (SSSR count). The third-order valence-corrected chi connectivity index (χ3v) is 6.75. The molecule has 0 saturated heterocycles. The summed E-state index contributed by atoms with van der Waals surface area (Å²) >= 11 is 2.97. The molecule has 32 heavy (non-hydrogen) atoms. The van der Waals surface area contributed by atoms with Crippen LogP contribution in [-0.4, -0.2) is 33.5 Å². The van der Waals surface area contributed by atoms with Crippen LogP contribution in [0.3, 0.4) is 0 Å². The minimum absolute atomic E-state index is 0.0925. The number of amides is 1. The number of benzene rings is 3. The van der Waals surface area contributed by atoms with E-state index in [4.69, 9.17) is 4.74 Å². The maximum Gasteiger partial charge on any atom is 0.234 e. The predicted octanol–water partition coefficient (Wildman–Crippen LogP) is 5.37. The molecule has 0 atom stereocenters. The number of anilines is 1. The van der Waals surface area contributed by atoms with Crippen molar-refractivity contribution in [2.24, 2.45) is 7.05 Å². The van der Waals surface area contributed by atoms with Crippen LogP contribution >= 0.6 is 23.5 Å². The van der Waals surface area contributed by atoms with Crippen LogP contribution in [0.1, 0.15) is 0 Å². The third kappa shape index (κ3) is 5.33. The fourth-order valence-electron chi connectivity index (χ4n) is 3.02. The maximum absolute atomic E-state index is 12.6. The fourth-order valence-corrected chi connectivity index (χ4v) is 4.66. The van der Waals surface area contributed by atoms with Gasteiger partial charge in [0.1, 0.15) is 5.75 Å². The Hall–Kier alpha value is -3.23. The first-order valence-corrected chi connectivity index (χ1v) is 11.7. The topological polar surface area (TPSA) is 69.0 Å². The maximum atomic E-state index is 12.6. The predicted molar refractivity (Wildman–Crippen MR) is 129 cm³/mol. The highest BCUT2D eigenvalue weighted by molar-refractivity contribution is 8.00.